The summed E-state index contributed by atoms with van der Waals surface area (Å²) in [5, 5.41) is 1.25. The Morgan fingerprint density at radius 2 is 1.86 bits per heavy atom. The Balaban J connectivity index is 2.35. The maximum atomic E-state index is 4.81. The highest BCUT2D eigenvalue weighted by molar-refractivity contribution is 7.21. The fraction of sp³-hybridized carbons (Fsp3) is 0.294. The van der Waals surface area contributed by atoms with E-state index in [1.54, 1.807) is 0 Å². The molecular formula is C17H20N3S+. The van der Waals surface area contributed by atoms with Crippen LogP contribution in [0.15, 0.2) is 30.3 Å². The summed E-state index contributed by atoms with van der Waals surface area (Å²) < 4.78 is 3.38. The van der Waals surface area contributed by atoms with Gasteiger partial charge >= 0.3 is 0 Å². The lowest BCUT2D eigenvalue weighted by Gasteiger charge is -2.13. The standard InChI is InChI=1S/C17H20N3S/c1-11-8-14-17(10-15(11)20(4)5)21-16-9-12(19(2)3)6-7-13(16)18-14/h6-10H,1-5H3/q+1. The zero-order valence-electron chi connectivity index (χ0n) is 13.1. The van der Waals surface area contributed by atoms with Crippen LogP contribution in [0.1, 0.15) is 5.56 Å². The smallest absolute Gasteiger partial charge is 0.203 e. The molecule has 0 fully saturated rings. The van der Waals surface area contributed by atoms with Crippen molar-refractivity contribution in [3.05, 3.63) is 41.3 Å². The van der Waals surface area contributed by atoms with Crippen LogP contribution in [0.5, 0.6) is 0 Å². The second kappa shape index (κ2) is 5.11. The van der Waals surface area contributed by atoms with E-state index in [1.165, 1.54) is 26.2 Å². The van der Waals surface area contributed by atoms with Gasteiger partial charge in [-0.2, -0.15) is 0 Å². The van der Waals surface area contributed by atoms with Crippen molar-refractivity contribution in [3.8, 4) is 10.6 Å². The molecule has 0 atom stereocenters. The van der Waals surface area contributed by atoms with Crippen molar-refractivity contribution in [2.45, 2.75) is 6.92 Å². The largest absolute Gasteiger partial charge is 0.378 e. The number of aryl methyl sites for hydroxylation is 1. The lowest BCUT2D eigenvalue weighted by atomic mass is 10.1. The van der Waals surface area contributed by atoms with Gasteiger partial charge in [-0.1, -0.05) is 0 Å². The van der Waals surface area contributed by atoms with Crippen LogP contribution in [-0.4, -0.2) is 33.2 Å². The normalized spacial score (nSPS) is 11.1. The third-order valence-corrected chi connectivity index (χ3v) is 4.77. The molecule has 0 saturated carbocycles. The van der Waals surface area contributed by atoms with E-state index in [0.717, 1.165) is 11.2 Å². The number of hydrogen-bond donors (Lipinski definition) is 0. The molecule has 0 amide bonds. The predicted octanol–water partition coefficient (Wildman–Crippen LogP) is 2.81. The molecule has 1 aromatic rings. The number of fused-ring (bicyclic) bond motifs is 2. The van der Waals surface area contributed by atoms with Gasteiger partial charge in [0.15, 0.2) is 0 Å². The topological polar surface area (TPSA) is 19.1 Å². The van der Waals surface area contributed by atoms with Gasteiger partial charge in [0.25, 0.3) is 0 Å². The maximum absolute atomic E-state index is 4.81. The van der Waals surface area contributed by atoms with Crippen LogP contribution in [-0.2, 0) is 0 Å². The average molecular weight is 298 g/mol. The fourth-order valence-electron chi connectivity index (χ4n) is 2.52. The maximum Gasteiger partial charge on any atom is 0.203 e. The molecule has 1 aromatic carbocycles. The lowest BCUT2D eigenvalue weighted by Crippen LogP contribution is -2.24. The second-order valence-corrected chi connectivity index (χ2v) is 6.84. The van der Waals surface area contributed by atoms with E-state index >= 15 is 0 Å². The Labute approximate surface area is 129 Å². The van der Waals surface area contributed by atoms with E-state index in [2.05, 4.69) is 74.9 Å². The Hall–Kier alpha value is -1.94. The Morgan fingerprint density at radius 3 is 2.52 bits per heavy atom. The van der Waals surface area contributed by atoms with Gasteiger partial charge in [0, 0.05) is 31.4 Å². The molecule has 4 heteroatoms. The second-order valence-electron chi connectivity index (χ2n) is 5.76. The van der Waals surface area contributed by atoms with Crippen molar-refractivity contribution in [2.75, 3.05) is 33.1 Å². The zero-order valence-corrected chi connectivity index (χ0v) is 14.0. The summed E-state index contributed by atoms with van der Waals surface area (Å²) in [6.07, 6.45) is 0. The first-order valence-corrected chi connectivity index (χ1v) is 7.80. The molecule has 0 saturated heterocycles. The Kier molecular flexibility index (Phi) is 3.41. The molecule has 1 heterocycles. The number of rotatable bonds is 1. The van der Waals surface area contributed by atoms with Crippen molar-refractivity contribution in [1.29, 1.82) is 0 Å². The van der Waals surface area contributed by atoms with E-state index < -0.39 is 0 Å². The van der Waals surface area contributed by atoms with Gasteiger partial charge in [-0.25, -0.2) is 9.56 Å². The van der Waals surface area contributed by atoms with Crippen LogP contribution < -0.4 is 14.8 Å². The van der Waals surface area contributed by atoms with Gasteiger partial charge < -0.3 is 4.90 Å². The summed E-state index contributed by atoms with van der Waals surface area (Å²) in [4.78, 5) is 8.16. The number of anilines is 1. The fourth-order valence-corrected chi connectivity index (χ4v) is 3.53. The van der Waals surface area contributed by atoms with Gasteiger partial charge in [0.2, 0.25) is 5.36 Å². The minimum absolute atomic E-state index is 1.06. The Morgan fingerprint density at radius 1 is 1.10 bits per heavy atom. The van der Waals surface area contributed by atoms with Gasteiger partial charge in [-0.15, -0.1) is 11.3 Å². The molecule has 0 N–H and O–H groups in total. The van der Waals surface area contributed by atoms with Gasteiger partial charge in [0.05, 0.1) is 20.8 Å². The summed E-state index contributed by atoms with van der Waals surface area (Å²) in [5.41, 5.74) is 4.61. The predicted molar refractivity (Wildman–Crippen MR) is 92.4 cm³/mol. The Bertz CT molecular complexity index is 858. The molecular weight excluding hydrogens is 278 g/mol. The first kappa shape index (κ1) is 14.0. The van der Waals surface area contributed by atoms with E-state index in [0.29, 0.717) is 0 Å². The molecule has 0 bridgehead atoms. The molecule has 3 rings (SSSR count). The molecule has 0 radical (unpaired) electrons. The molecule has 21 heavy (non-hydrogen) atoms. The summed E-state index contributed by atoms with van der Waals surface area (Å²) in [5.74, 6) is 0. The third-order valence-electron chi connectivity index (χ3n) is 3.68. The number of aromatic nitrogens is 1. The zero-order chi connectivity index (χ0) is 15.1. The SMILES string of the molecule is Cc1cc2nc3ccc(N(C)C)cc3sc-2cc1=[N+](C)C. The van der Waals surface area contributed by atoms with Crippen molar-refractivity contribution in [2.24, 2.45) is 0 Å². The molecule has 1 aliphatic carbocycles. The van der Waals surface area contributed by atoms with Crippen molar-refractivity contribution in [1.82, 2.24) is 9.56 Å². The average Bonchev–Trinajstić information content (AvgIpc) is 2.43. The number of benzene rings is 2. The molecule has 0 aromatic heterocycles. The molecule has 1 aliphatic heterocycles. The molecule has 0 spiro atoms. The number of hydrogen-bond acceptors (Lipinski definition) is 3. The summed E-state index contributed by atoms with van der Waals surface area (Å²) >= 11 is 1.81. The van der Waals surface area contributed by atoms with E-state index in [1.807, 2.05) is 11.3 Å². The van der Waals surface area contributed by atoms with Crippen LogP contribution in [0.3, 0.4) is 0 Å². The summed E-state index contributed by atoms with van der Waals surface area (Å²) in [6, 6.07) is 10.9. The molecule has 108 valence electrons. The minimum Gasteiger partial charge on any atom is -0.378 e. The van der Waals surface area contributed by atoms with Gasteiger partial charge in [0.1, 0.15) is 14.1 Å². The highest BCUT2D eigenvalue weighted by atomic mass is 32.1. The summed E-state index contributed by atoms with van der Waals surface area (Å²) in [7, 11) is 8.29. The van der Waals surface area contributed by atoms with Gasteiger partial charge in [-0.05, 0) is 31.2 Å². The van der Waals surface area contributed by atoms with Crippen LogP contribution >= 0.6 is 11.3 Å². The number of nitrogens with zero attached hydrogens (tertiary/aromatic N) is 3. The van der Waals surface area contributed by atoms with Crippen molar-refractivity contribution < 1.29 is 0 Å². The van der Waals surface area contributed by atoms with Crippen LogP contribution in [0, 0.1) is 6.92 Å². The highest BCUT2D eigenvalue weighted by Gasteiger charge is 2.12. The van der Waals surface area contributed by atoms with Crippen LogP contribution in [0.25, 0.3) is 20.8 Å². The van der Waals surface area contributed by atoms with Crippen molar-refractivity contribution in [3.63, 3.8) is 0 Å². The van der Waals surface area contributed by atoms with Crippen molar-refractivity contribution >= 4 is 27.2 Å². The van der Waals surface area contributed by atoms with E-state index in [9.17, 15) is 0 Å². The van der Waals surface area contributed by atoms with Crippen LogP contribution in [0.2, 0.25) is 0 Å². The van der Waals surface area contributed by atoms with E-state index in [-0.39, 0.29) is 0 Å². The van der Waals surface area contributed by atoms with Crippen LogP contribution in [0.4, 0.5) is 5.69 Å². The molecule has 2 aliphatic rings. The minimum atomic E-state index is 1.06. The first-order valence-electron chi connectivity index (χ1n) is 6.98. The van der Waals surface area contributed by atoms with E-state index in [4.69, 9.17) is 4.98 Å². The highest BCUT2D eigenvalue weighted by Crippen LogP contribution is 2.31. The quantitative estimate of drug-likeness (QED) is 0.508. The first-order chi connectivity index (χ1) is 9.95. The molecule has 0 unspecified atom stereocenters. The third kappa shape index (κ3) is 2.51. The lowest BCUT2D eigenvalue weighted by molar-refractivity contribution is 0.806. The monoisotopic (exact) mass is 298 g/mol. The molecule has 3 nitrogen and oxygen atoms in total. The summed E-state index contributed by atoms with van der Waals surface area (Å²) in [6.45, 7) is 2.14. The van der Waals surface area contributed by atoms with Gasteiger partial charge in [-0.3, -0.25) is 0 Å².